The van der Waals surface area contributed by atoms with E-state index in [1.165, 1.54) is 20.8 Å². The summed E-state index contributed by atoms with van der Waals surface area (Å²) in [5, 5.41) is 33.5. The van der Waals surface area contributed by atoms with E-state index >= 15 is 0 Å². The number of sulfonamides is 1. The second-order valence-electron chi connectivity index (χ2n) is 9.91. The van der Waals surface area contributed by atoms with Gasteiger partial charge in [0, 0.05) is 24.7 Å². The molecule has 0 fully saturated rings. The van der Waals surface area contributed by atoms with Gasteiger partial charge < -0.3 is 25.6 Å². The number of benzene rings is 2. The molecule has 0 aliphatic heterocycles. The normalized spacial score (nSPS) is 12.6. The summed E-state index contributed by atoms with van der Waals surface area (Å²) in [5.41, 5.74) is 1.80. The summed E-state index contributed by atoms with van der Waals surface area (Å²) in [5.74, 6) is -1.84. The van der Waals surface area contributed by atoms with Crippen LogP contribution in [0.1, 0.15) is 33.6 Å². The Balaban J connectivity index is 1.54. The van der Waals surface area contributed by atoms with Crippen LogP contribution in [0.15, 0.2) is 52.3 Å². The lowest BCUT2D eigenvalue weighted by atomic mass is 10.0. The average Bonchev–Trinajstić information content (AvgIpc) is 2.93. The molecule has 0 saturated heterocycles. The standard InChI is InChI=1S/C29H31N5O7S/c1-15-9-11-31-23(12-15)30-10-5-6-19-7-8-21-20(13-19)28(37)33-24(32-21)14-22(29(38)39)34-42(40,41)27-17(3)16(2)25(35)26(36)18(27)4/h5-9,11-13,22,34-36H,10,14H2,1-4H3,(H,30,31)(H,38,39)(H,32,33,37)/b6-5+/t22-/m0/s1. The maximum atomic E-state index is 13.2. The van der Waals surface area contributed by atoms with E-state index in [9.17, 15) is 33.3 Å². The Bertz CT molecular complexity index is 1850. The Morgan fingerprint density at radius 1 is 1.05 bits per heavy atom. The SMILES string of the molecule is Cc1ccnc(NC/C=C/c2ccc3nc(C[C@H](NS(=O)(=O)c4c(C)c(C)c(O)c(O)c4C)C(=O)O)[nH]c(=O)c3c2)c1. The van der Waals surface area contributed by atoms with Crippen LogP contribution in [0.4, 0.5) is 5.82 Å². The van der Waals surface area contributed by atoms with Gasteiger partial charge in [-0.25, -0.2) is 18.4 Å². The summed E-state index contributed by atoms with van der Waals surface area (Å²) in [4.78, 5) is 35.7. The molecule has 0 radical (unpaired) electrons. The minimum Gasteiger partial charge on any atom is -0.504 e. The molecule has 2 aromatic heterocycles. The quantitative estimate of drug-likeness (QED) is 0.149. The molecule has 0 saturated carbocycles. The van der Waals surface area contributed by atoms with Gasteiger partial charge in [-0.3, -0.25) is 9.59 Å². The number of phenols is 2. The molecule has 0 aliphatic rings. The number of aromatic nitrogens is 3. The third-order valence-electron chi connectivity index (χ3n) is 6.85. The molecule has 13 heteroatoms. The van der Waals surface area contributed by atoms with E-state index in [4.69, 9.17) is 0 Å². The fraction of sp³-hybridized carbons (Fsp3) is 0.241. The molecule has 2 heterocycles. The molecule has 1 atom stereocenters. The first-order valence-corrected chi connectivity index (χ1v) is 14.4. The number of aliphatic carboxylic acids is 1. The van der Waals surface area contributed by atoms with Gasteiger partial charge in [-0.05, 0) is 74.2 Å². The first kappa shape index (κ1) is 30.2. The number of aryl methyl sites for hydroxylation is 1. The Morgan fingerprint density at radius 2 is 1.76 bits per heavy atom. The number of phenolic OH excluding ortho intramolecular Hbond substituents is 2. The van der Waals surface area contributed by atoms with E-state index in [1.54, 1.807) is 24.4 Å². The molecule has 12 nitrogen and oxygen atoms in total. The number of hydrogen-bond acceptors (Lipinski definition) is 9. The number of carbonyl (C=O) groups is 1. The fourth-order valence-electron chi connectivity index (χ4n) is 4.51. The van der Waals surface area contributed by atoms with Gasteiger partial charge in [0.1, 0.15) is 17.7 Å². The summed E-state index contributed by atoms with van der Waals surface area (Å²) in [6.07, 6.45) is 4.97. The molecular weight excluding hydrogens is 562 g/mol. The molecule has 6 N–H and O–H groups in total. The van der Waals surface area contributed by atoms with Crippen LogP contribution in [0.5, 0.6) is 11.5 Å². The van der Waals surface area contributed by atoms with Crippen molar-refractivity contribution in [3.8, 4) is 11.5 Å². The second-order valence-corrected chi connectivity index (χ2v) is 11.6. The van der Waals surface area contributed by atoms with Gasteiger partial charge in [0.15, 0.2) is 11.5 Å². The zero-order valence-electron chi connectivity index (χ0n) is 23.4. The van der Waals surface area contributed by atoms with Crippen LogP contribution < -0.4 is 15.6 Å². The van der Waals surface area contributed by atoms with Gasteiger partial charge in [-0.1, -0.05) is 18.2 Å². The number of aromatic amines is 1. The van der Waals surface area contributed by atoms with E-state index in [0.29, 0.717) is 12.1 Å². The van der Waals surface area contributed by atoms with Crippen molar-refractivity contribution in [1.29, 1.82) is 0 Å². The van der Waals surface area contributed by atoms with Crippen molar-refractivity contribution in [1.82, 2.24) is 19.7 Å². The average molecular weight is 594 g/mol. The van der Waals surface area contributed by atoms with Crippen LogP contribution in [0, 0.1) is 27.7 Å². The molecule has 0 amide bonds. The van der Waals surface area contributed by atoms with Crippen LogP contribution >= 0.6 is 0 Å². The van der Waals surface area contributed by atoms with Crippen LogP contribution in [0.3, 0.4) is 0 Å². The van der Waals surface area contributed by atoms with Crippen molar-refractivity contribution in [2.75, 3.05) is 11.9 Å². The largest absolute Gasteiger partial charge is 0.504 e. The number of carboxylic acids is 1. The maximum absolute atomic E-state index is 13.2. The van der Waals surface area contributed by atoms with Gasteiger partial charge in [0.25, 0.3) is 5.56 Å². The molecule has 42 heavy (non-hydrogen) atoms. The van der Waals surface area contributed by atoms with E-state index < -0.39 is 45.5 Å². The first-order valence-electron chi connectivity index (χ1n) is 12.9. The van der Waals surface area contributed by atoms with Crippen molar-refractivity contribution < 1.29 is 28.5 Å². The Kier molecular flexibility index (Phi) is 8.64. The highest BCUT2D eigenvalue weighted by atomic mass is 32.2. The molecule has 4 rings (SSSR count). The highest BCUT2D eigenvalue weighted by molar-refractivity contribution is 7.89. The lowest BCUT2D eigenvalue weighted by Gasteiger charge is -2.19. The molecule has 4 aromatic rings. The van der Waals surface area contributed by atoms with Gasteiger partial charge in [0.05, 0.1) is 15.8 Å². The van der Waals surface area contributed by atoms with Crippen molar-refractivity contribution in [2.45, 2.75) is 45.1 Å². The molecule has 0 aliphatic carbocycles. The molecule has 2 aromatic carbocycles. The molecule has 220 valence electrons. The second kappa shape index (κ2) is 12.0. The fourth-order valence-corrected chi connectivity index (χ4v) is 6.24. The summed E-state index contributed by atoms with van der Waals surface area (Å²) >= 11 is 0. The maximum Gasteiger partial charge on any atom is 0.322 e. The summed E-state index contributed by atoms with van der Waals surface area (Å²) in [6, 6.07) is 7.16. The zero-order valence-corrected chi connectivity index (χ0v) is 24.2. The van der Waals surface area contributed by atoms with Crippen molar-refractivity contribution >= 4 is 38.8 Å². The predicted octanol–water partition coefficient (Wildman–Crippen LogP) is 3.06. The number of H-pyrrole nitrogens is 1. The zero-order chi connectivity index (χ0) is 30.8. The first-order chi connectivity index (χ1) is 19.8. The van der Waals surface area contributed by atoms with Crippen LogP contribution in [-0.2, 0) is 21.2 Å². The summed E-state index contributed by atoms with van der Waals surface area (Å²) in [7, 11) is -4.48. The number of carboxylic acid groups (broad SMARTS) is 1. The number of anilines is 1. The van der Waals surface area contributed by atoms with Crippen LogP contribution in [-0.4, -0.2) is 57.2 Å². The van der Waals surface area contributed by atoms with Gasteiger partial charge in [-0.15, -0.1) is 0 Å². The number of nitrogens with one attached hydrogen (secondary N) is 3. The lowest BCUT2D eigenvalue weighted by Crippen LogP contribution is -2.43. The van der Waals surface area contributed by atoms with Crippen molar-refractivity contribution in [2.24, 2.45) is 0 Å². The molecule has 0 unspecified atom stereocenters. The lowest BCUT2D eigenvalue weighted by molar-refractivity contribution is -0.139. The molecule has 0 spiro atoms. The van der Waals surface area contributed by atoms with Crippen LogP contribution in [0.25, 0.3) is 17.0 Å². The van der Waals surface area contributed by atoms with E-state index in [-0.39, 0.29) is 32.8 Å². The van der Waals surface area contributed by atoms with Crippen molar-refractivity contribution in [3.63, 3.8) is 0 Å². The number of rotatable bonds is 10. The Hall–Kier alpha value is -4.75. The number of hydrogen-bond donors (Lipinski definition) is 6. The smallest absolute Gasteiger partial charge is 0.322 e. The van der Waals surface area contributed by atoms with Gasteiger partial charge in [0.2, 0.25) is 10.0 Å². The molecular formula is C29H31N5O7S. The third-order valence-corrected chi connectivity index (χ3v) is 8.59. The highest BCUT2D eigenvalue weighted by Gasteiger charge is 2.31. The number of pyridine rings is 1. The Morgan fingerprint density at radius 3 is 2.45 bits per heavy atom. The van der Waals surface area contributed by atoms with E-state index in [2.05, 4.69) is 25.0 Å². The molecule has 0 bridgehead atoms. The van der Waals surface area contributed by atoms with Gasteiger partial charge >= 0.3 is 5.97 Å². The third kappa shape index (κ3) is 6.42. The topological polar surface area (TPSA) is 195 Å². The number of aromatic hydroxyl groups is 2. The minimum absolute atomic E-state index is 0.0288. The minimum atomic E-state index is -4.48. The number of fused-ring (bicyclic) bond motifs is 1. The summed E-state index contributed by atoms with van der Waals surface area (Å²) < 4.78 is 28.6. The predicted molar refractivity (Wildman–Crippen MR) is 158 cm³/mol. The van der Waals surface area contributed by atoms with Crippen LogP contribution in [0.2, 0.25) is 0 Å². The van der Waals surface area contributed by atoms with E-state index in [0.717, 1.165) is 16.9 Å². The highest BCUT2D eigenvalue weighted by Crippen LogP contribution is 2.39. The van der Waals surface area contributed by atoms with Crippen molar-refractivity contribution in [3.05, 3.63) is 86.6 Å². The Labute approximate surface area is 241 Å². The van der Waals surface area contributed by atoms with E-state index in [1.807, 2.05) is 31.2 Å². The summed E-state index contributed by atoms with van der Waals surface area (Å²) in [6.45, 7) is 6.66. The number of nitrogens with zero attached hydrogens (tertiary/aromatic N) is 2. The monoisotopic (exact) mass is 593 g/mol. The van der Waals surface area contributed by atoms with Gasteiger partial charge in [-0.2, -0.15) is 4.72 Å².